The fourth-order valence-corrected chi connectivity index (χ4v) is 7.30. The zero-order chi connectivity index (χ0) is 40.3. The van der Waals surface area contributed by atoms with E-state index in [4.69, 9.17) is 14.2 Å². The summed E-state index contributed by atoms with van der Waals surface area (Å²) in [7, 11) is 0. The van der Waals surface area contributed by atoms with E-state index in [9.17, 15) is 14.4 Å². The van der Waals surface area contributed by atoms with Gasteiger partial charge in [-0.1, -0.05) is 233 Å². The lowest BCUT2D eigenvalue weighted by Gasteiger charge is -2.18. The first-order chi connectivity index (χ1) is 26.9. The second kappa shape index (κ2) is 43.5. The summed E-state index contributed by atoms with van der Waals surface area (Å²) < 4.78 is 16.7. The molecule has 0 aliphatic carbocycles. The molecule has 0 saturated carbocycles. The van der Waals surface area contributed by atoms with Gasteiger partial charge < -0.3 is 14.2 Å². The first-order valence-electron chi connectivity index (χ1n) is 24.4. The van der Waals surface area contributed by atoms with E-state index in [1.165, 1.54) is 167 Å². The van der Waals surface area contributed by atoms with Crippen LogP contribution in [0.2, 0.25) is 0 Å². The average molecular weight is 779 g/mol. The number of carbonyl (C=O) groups excluding carboxylic acids is 3. The van der Waals surface area contributed by atoms with Gasteiger partial charge in [0, 0.05) is 19.3 Å². The van der Waals surface area contributed by atoms with Crippen LogP contribution in [0.4, 0.5) is 0 Å². The number of ether oxygens (including phenoxy) is 3. The molecule has 0 radical (unpaired) electrons. The van der Waals surface area contributed by atoms with E-state index in [2.05, 4.69) is 27.7 Å². The predicted octanol–water partition coefficient (Wildman–Crippen LogP) is 15.5. The summed E-state index contributed by atoms with van der Waals surface area (Å²) >= 11 is 0. The fraction of sp³-hybridized carbons (Fsp3) is 0.939. The normalized spacial score (nSPS) is 12.4. The molecule has 0 N–H and O–H groups in total. The number of hydrogen-bond donors (Lipinski definition) is 0. The number of carbonyl (C=O) groups is 3. The third-order valence-electron chi connectivity index (χ3n) is 11.4. The standard InChI is InChI=1S/C49H94O6/c1-5-8-10-12-14-16-17-18-19-20-21-22-24-29-33-37-41-48(51)54-44-46(43-53-47(50)40-36-32-28-23-15-13-11-9-6-2)55-49(52)42-38-34-30-26-25-27-31-35-39-45(4)7-3/h45-46H,5-44H2,1-4H3/t45?,46-/m0/s1. The van der Waals surface area contributed by atoms with Crippen molar-refractivity contribution >= 4 is 17.9 Å². The van der Waals surface area contributed by atoms with E-state index in [0.29, 0.717) is 19.3 Å². The highest BCUT2D eigenvalue weighted by atomic mass is 16.6. The van der Waals surface area contributed by atoms with Crippen molar-refractivity contribution < 1.29 is 28.6 Å². The molecule has 55 heavy (non-hydrogen) atoms. The Labute approximate surface area is 342 Å². The highest BCUT2D eigenvalue weighted by Gasteiger charge is 2.19. The molecule has 2 atom stereocenters. The molecular formula is C49H94O6. The molecule has 6 nitrogen and oxygen atoms in total. The van der Waals surface area contributed by atoms with Crippen LogP contribution >= 0.6 is 0 Å². The van der Waals surface area contributed by atoms with Crippen molar-refractivity contribution in [2.45, 2.75) is 278 Å². The van der Waals surface area contributed by atoms with Gasteiger partial charge in [0.15, 0.2) is 6.10 Å². The Bertz CT molecular complexity index is 828. The minimum atomic E-state index is -0.759. The van der Waals surface area contributed by atoms with Crippen molar-refractivity contribution in [3.8, 4) is 0 Å². The van der Waals surface area contributed by atoms with Gasteiger partial charge in [0.25, 0.3) is 0 Å². The minimum Gasteiger partial charge on any atom is -0.462 e. The molecule has 0 aliphatic rings. The van der Waals surface area contributed by atoms with Crippen LogP contribution in [0.3, 0.4) is 0 Å². The summed E-state index contributed by atoms with van der Waals surface area (Å²) in [5.41, 5.74) is 0. The van der Waals surface area contributed by atoms with E-state index in [0.717, 1.165) is 63.7 Å². The molecule has 0 fully saturated rings. The number of unbranched alkanes of at least 4 members (excludes halogenated alkanes) is 30. The van der Waals surface area contributed by atoms with Crippen molar-refractivity contribution in [3.63, 3.8) is 0 Å². The highest BCUT2D eigenvalue weighted by molar-refractivity contribution is 5.71. The van der Waals surface area contributed by atoms with Gasteiger partial charge in [0.2, 0.25) is 0 Å². The van der Waals surface area contributed by atoms with Crippen LogP contribution < -0.4 is 0 Å². The molecule has 0 amide bonds. The van der Waals surface area contributed by atoms with Crippen LogP contribution in [0.25, 0.3) is 0 Å². The fourth-order valence-electron chi connectivity index (χ4n) is 7.30. The van der Waals surface area contributed by atoms with Gasteiger partial charge in [0.1, 0.15) is 13.2 Å². The SMILES string of the molecule is CCCCCCCCCCCCCCCCCCC(=O)OC[C@H](COC(=O)CCCCCCCCCCC)OC(=O)CCCCCCCCCCC(C)CC. The Balaban J connectivity index is 4.27. The minimum absolute atomic E-state index is 0.0637. The Morgan fingerprint density at radius 1 is 0.364 bits per heavy atom. The topological polar surface area (TPSA) is 78.9 Å². The van der Waals surface area contributed by atoms with Crippen LogP contribution in [0, 0.1) is 5.92 Å². The largest absolute Gasteiger partial charge is 0.462 e. The number of rotatable bonds is 44. The molecular weight excluding hydrogens is 685 g/mol. The molecule has 6 heteroatoms. The molecule has 326 valence electrons. The lowest BCUT2D eigenvalue weighted by Crippen LogP contribution is -2.30. The van der Waals surface area contributed by atoms with Crippen molar-refractivity contribution in [1.29, 1.82) is 0 Å². The first-order valence-corrected chi connectivity index (χ1v) is 24.4. The second-order valence-corrected chi connectivity index (χ2v) is 17.0. The monoisotopic (exact) mass is 779 g/mol. The summed E-state index contributed by atoms with van der Waals surface area (Å²) in [4.78, 5) is 37.8. The Kier molecular flexibility index (Phi) is 42.3. The van der Waals surface area contributed by atoms with Crippen molar-refractivity contribution in [2.24, 2.45) is 5.92 Å². The van der Waals surface area contributed by atoms with Crippen molar-refractivity contribution in [2.75, 3.05) is 13.2 Å². The first kappa shape index (κ1) is 53.4. The van der Waals surface area contributed by atoms with Crippen LogP contribution in [0.15, 0.2) is 0 Å². The summed E-state index contributed by atoms with van der Waals surface area (Å²) in [6, 6.07) is 0. The van der Waals surface area contributed by atoms with Gasteiger partial charge in [-0.05, 0) is 25.2 Å². The quantitative estimate of drug-likeness (QED) is 0.0348. The molecule has 0 aliphatic heterocycles. The van der Waals surface area contributed by atoms with E-state index < -0.39 is 6.10 Å². The molecule has 0 rings (SSSR count). The van der Waals surface area contributed by atoms with Gasteiger partial charge in [-0.3, -0.25) is 14.4 Å². The summed E-state index contributed by atoms with van der Waals surface area (Å²) in [6.07, 6.45) is 43.7. The van der Waals surface area contributed by atoms with E-state index in [-0.39, 0.29) is 31.1 Å². The van der Waals surface area contributed by atoms with Crippen LogP contribution in [0.5, 0.6) is 0 Å². The van der Waals surface area contributed by atoms with Gasteiger partial charge in [-0.15, -0.1) is 0 Å². The van der Waals surface area contributed by atoms with Crippen LogP contribution in [-0.2, 0) is 28.6 Å². The summed E-state index contributed by atoms with van der Waals surface area (Å²) in [5, 5.41) is 0. The van der Waals surface area contributed by atoms with Crippen LogP contribution in [0.1, 0.15) is 272 Å². The molecule has 0 aromatic rings. The summed E-state index contributed by atoms with van der Waals surface area (Å²) in [6.45, 7) is 9.00. The average Bonchev–Trinajstić information content (AvgIpc) is 3.18. The maximum atomic E-state index is 12.7. The van der Waals surface area contributed by atoms with E-state index in [1.807, 2.05) is 0 Å². The van der Waals surface area contributed by atoms with Gasteiger partial charge in [-0.25, -0.2) is 0 Å². The molecule has 0 aromatic heterocycles. The maximum Gasteiger partial charge on any atom is 0.306 e. The smallest absolute Gasteiger partial charge is 0.306 e. The van der Waals surface area contributed by atoms with Crippen molar-refractivity contribution in [3.05, 3.63) is 0 Å². The maximum absolute atomic E-state index is 12.7. The third kappa shape index (κ3) is 41.9. The van der Waals surface area contributed by atoms with Crippen LogP contribution in [-0.4, -0.2) is 37.2 Å². The van der Waals surface area contributed by atoms with Crippen molar-refractivity contribution in [1.82, 2.24) is 0 Å². The lowest BCUT2D eigenvalue weighted by atomic mass is 9.99. The predicted molar refractivity (Wildman–Crippen MR) is 233 cm³/mol. The third-order valence-corrected chi connectivity index (χ3v) is 11.4. The van der Waals surface area contributed by atoms with Gasteiger partial charge in [-0.2, -0.15) is 0 Å². The Morgan fingerprint density at radius 3 is 0.945 bits per heavy atom. The highest BCUT2D eigenvalue weighted by Crippen LogP contribution is 2.17. The molecule has 0 heterocycles. The molecule has 0 spiro atoms. The lowest BCUT2D eigenvalue weighted by molar-refractivity contribution is -0.167. The van der Waals surface area contributed by atoms with E-state index >= 15 is 0 Å². The van der Waals surface area contributed by atoms with Gasteiger partial charge in [0.05, 0.1) is 0 Å². The van der Waals surface area contributed by atoms with Gasteiger partial charge >= 0.3 is 17.9 Å². The Morgan fingerprint density at radius 2 is 0.636 bits per heavy atom. The molecule has 0 saturated heterocycles. The number of esters is 3. The zero-order valence-electron chi connectivity index (χ0n) is 37.4. The number of hydrogen-bond acceptors (Lipinski definition) is 6. The van der Waals surface area contributed by atoms with E-state index in [1.54, 1.807) is 0 Å². The second-order valence-electron chi connectivity index (χ2n) is 17.0. The zero-order valence-corrected chi connectivity index (χ0v) is 37.4. The Hall–Kier alpha value is -1.59. The molecule has 0 aromatic carbocycles. The summed E-state index contributed by atoms with van der Waals surface area (Å²) in [5.74, 6) is -0.00825. The molecule has 1 unspecified atom stereocenters. The molecule has 0 bridgehead atoms.